The first-order chi connectivity index (χ1) is 5.65. The highest BCUT2D eigenvalue weighted by atomic mass is 15.3. The van der Waals surface area contributed by atoms with Crippen LogP contribution in [0, 0.1) is 0 Å². The first-order valence-corrected chi connectivity index (χ1v) is 4.70. The Kier molecular flexibility index (Phi) is 3.29. The quantitative estimate of drug-likeness (QED) is 0.572. The Balaban J connectivity index is 2.53. The second kappa shape index (κ2) is 4.06. The fourth-order valence-electron chi connectivity index (χ4n) is 2.13. The molecule has 1 aliphatic heterocycles. The lowest BCUT2D eigenvalue weighted by Crippen LogP contribution is -2.55. The van der Waals surface area contributed by atoms with Crippen LogP contribution in [0.15, 0.2) is 12.7 Å². The molecule has 2 unspecified atom stereocenters. The predicted molar refractivity (Wildman–Crippen MR) is 53.3 cm³/mol. The minimum atomic E-state index is 0.664. The Morgan fingerprint density at radius 1 is 1.33 bits per heavy atom. The molecule has 0 aromatic rings. The van der Waals surface area contributed by atoms with E-state index < -0.39 is 0 Å². The summed E-state index contributed by atoms with van der Waals surface area (Å²) in [5, 5.41) is 0. The van der Waals surface area contributed by atoms with E-state index in [9.17, 15) is 0 Å². The summed E-state index contributed by atoms with van der Waals surface area (Å²) in [5.41, 5.74) is 0. The van der Waals surface area contributed by atoms with E-state index in [1.807, 2.05) is 6.08 Å². The summed E-state index contributed by atoms with van der Waals surface area (Å²) in [6, 6.07) is 1.33. The fourth-order valence-corrected chi connectivity index (χ4v) is 2.13. The maximum absolute atomic E-state index is 3.79. The minimum Gasteiger partial charge on any atom is -0.303 e. The summed E-state index contributed by atoms with van der Waals surface area (Å²) in [5.74, 6) is 0. The molecular weight excluding hydrogens is 148 g/mol. The third kappa shape index (κ3) is 2.08. The van der Waals surface area contributed by atoms with Crippen molar-refractivity contribution in [3.63, 3.8) is 0 Å². The standard InChI is InChI=1S/C10H20N2/c1-5-6-12-9(2)7-11(4)8-10(12)3/h5,9-10H,1,6-8H2,2-4H3. The molecule has 1 rings (SSSR count). The molecule has 12 heavy (non-hydrogen) atoms. The van der Waals surface area contributed by atoms with E-state index in [1.165, 1.54) is 13.1 Å². The monoisotopic (exact) mass is 168 g/mol. The Hall–Kier alpha value is -0.340. The summed E-state index contributed by atoms with van der Waals surface area (Å²) in [7, 11) is 2.19. The van der Waals surface area contributed by atoms with Crippen molar-refractivity contribution < 1.29 is 0 Å². The molecule has 1 fully saturated rings. The lowest BCUT2D eigenvalue weighted by Gasteiger charge is -2.42. The smallest absolute Gasteiger partial charge is 0.0201 e. The van der Waals surface area contributed by atoms with E-state index in [1.54, 1.807) is 0 Å². The Bertz CT molecular complexity index is 144. The van der Waals surface area contributed by atoms with Crippen LogP contribution in [0.25, 0.3) is 0 Å². The maximum Gasteiger partial charge on any atom is 0.0201 e. The SMILES string of the molecule is C=CCN1C(C)CN(C)CC1C. The maximum atomic E-state index is 3.79. The van der Waals surface area contributed by atoms with Gasteiger partial charge in [-0.05, 0) is 20.9 Å². The van der Waals surface area contributed by atoms with Gasteiger partial charge in [0.05, 0.1) is 0 Å². The van der Waals surface area contributed by atoms with Crippen molar-refractivity contribution in [1.82, 2.24) is 9.80 Å². The molecule has 0 radical (unpaired) electrons. The van der Waals surface area contributed by atoms with Crippen molar-refractivity contribution in [2.24, 2.45) is 0 Å². The highest BCUT2D eigenvalue weighted by Gasteiger charge is 2.25. The molecule has 0 aliphatic carbocycles. The molecule has 0 saturated carbocycles. The van der Waals surface area contributed by atoms with Gasteiger partial charge in [-0.25, -0.2) is 0 Å². The van der Waals surface area contributed by atoms with Crippen LogP contribution in [0.3, 0.4) is 0 Å². The van der Waals surface area contributed by atoms with Crippen LogP contribution in [-0.4, -0.2) is 48.6 Å². The van der Waals surface area contributed by atoms with Gasteiger partial charge in [0.15, 0.2) is 0 Å². The average molecular weight is 168 g/mol. The van der Waals surface area contributed by atoms with Gasteiger partial charge in [-0.2, -0.15) is 0 Å². The molecular formula is C10H20N2. The summed E-state index contributed by atoms with van der Waals surface area (Å²) < 4.78 is 0. The molecule has 0 spiro atoms. The minimum absolute atomic E-state index is 0.664. The molecule has 0 bridgehead atoms. The first kappa shape index (κ1) is 9.75. The van der Waals surface area contributed by atoms with E-state index in [-0.39, 0.29) is 0 Å². The van der Waals surface area contributed by atoms with Gasteiger partial charge in [0.1, 0.15) is 0 Å². The highest BCUT2D eigenvalue weighted by Crippen LogP contribution is 2.13. The van der Waals surface area contributed by atoms with E-state index in [0.717, 1.165) is 6.54 Å². The number of rotatable bonds is 2. The van der Waals surface area contributed by atoms with Gasteiger partial charge in [0, 0.05) is 31.7 Å². The zero-order valence-electron chi connectivity index (χ0n) is 8.45. The van der Waals surface area contributed by atoms with Crippen LogP contribution in [0.2, 0.25) is 0 Å². The Morgan fingerprint density at radius 2 is 1.83 bits per heavy atom. The van der Waals surface area contributed by atoms with Gasteiger partial charge in [-0.15, -0.1) is 6.58 Å². The number of hydrogen-bond donors (Lipinski definition) is 0. The van der Waals surface area contributed by atoms with Gasteiger partial charge in [0.2, 0.25) is 0 Å². The van der Waals surface area contributed by atoms with Crippen LogP contribution >= 0.6 is 0 Å². The normalized spacial score (nSPS) is 33.6. The second-order valence-electron chi connectivity index (χ2n) is 3.90. The van der Waals surface area contributed by atoms with Crippen LogP contribution in [-0.2, 0) is 0 Å². The van der Waals surface area contributed by atoms with Crippen LogP contribution in [0.1, 0.15) is 13.8 Å². The van der Waals surface area contributed by atoms with Crippen molar-refractivity contribution in [2.75, 3.05) is 26.7 Å². The van der Waals surface area contributed by atoms with Gasteiger partial charge < -0.3 is 4.90 Å². The third-order valence-corrected chi connectivity index (χ3v) is 2.62. The number of likely N-dealkylation sites (N-methyl/N-ethyl adjacent to an activating group) is 1. The predicted octanol–water partition coefficient (Wildman–Crippen LogP) is 1.20. The van der Waals surface area contributed by atoms with E-state index in [0.29, 0.717) is 12.1 Å². The van der Waals surface area contributed by atoms with Gasteiger partial charge in [-0.3, -0.25) is 4.90 Å². The first-order valence-electron chi connectivity index (χ1n) is 4.70. The molecule has 2 nitrogen and oxygen atoms in total. The summed E-state index contributed by atoms with van der Waals surface area (Å²) in [6.45, 7) is 11.7. The Morgan fingerprint density at radius 3 is 2.25 bits per heavy atom. The van der Waals surface area contributed by atoms with Gasteiger partial charge >= 0.3 is 0 Å². The van der Waals surface area contributed by atoms with Crippen molar-refractivity contribution in [1.29, 1.82) is 0 Å². The second-order valence-corrected chi connectivity index (χ2v) is 3.90. The number of piperazine rings is 1. The molecule has 0 amide bonds. The topological polar surface area (TPSA) is 6.48 Å². The largest absolute Gasteiger partial charge is 0.303 e. The van der Waals surface area contributed by atoms with Crippen LogP contribution < -0.4 is 0 Å². The summed E-state index contributed by atoms with van der Waals surface area (Å²) in [6.07, 6.45) is 2.00. The molecule has 1 heterocycles. The van der Waals surface area contributed by atoms with Crippen molar-refractivity contribution in [2.45, 2.75) is 25.9 Å². The fraction of sp³-hybridized carbons (Fsp3) is 0.800. The van der Waals surface area contributed by atoms with E-state index in [2.05, 4.69) is 37.3 Å². The summed E-state index contributed by atoms with van der Waals surface area (Å²) in [4.78, 5) is 4.90. The molecule has 0 aromatic heterocycles. The lowest BCUT2D eigenvalue weighted by atomic mass is 10.1. The van der Waals surface area contributed by atoms with Crippen LogP contribution in [0.4, 0.5) is 0 Å². The third-order valence-electron chi connectivity index (χ3n) is 2.62. The molecule has 2 atom stereocenters. The van der Waals surface area contributed by atoms with Gasteiger partial charge in [0.25, 0.3) is 0 Å². The molecule has 0 N–H and O–H groups in total. The number of nitrogens with zero attached hydrogens (tertiary/aromatic N) is 2. The number of hydrogen-bond acceptors (Lipinski definition) is 2. The molecule has 2 heteroatoms. The summed E-state index contributed by atoms with van der Waals surface area (Å²) >= 11 is 0. The Labute approximate surface area is 75.8 Å². The van der Waals surface area contributed by atoms with Crippen molar-refractivity contribution in [3.05, 3.63) is 12.7 Å². The molecule has 0 aromatic carbocycles. The van der Waals surface area contributed by atoms with Gasteiger partial charge in [-0.1, -0.05) is 6.08 Å². The van der Waals surface area contributed by atoms with E-state index in [4.69, 9.17) is 0 Å². The van der Waals surface area contributed by atoms with E-state index >= 15 is 0 Å². The molecule has 70 valence electrons. The van der Waals surface area contributed by atoms with Crippen LogP contribution in [0.5, 0.6) is 0 Å². The van der Waals surface area contributed by atoms with Crippen molar-refractivity contribution in [3.8, 4) is 0 Å². The zero-order chi connectivity index (χ0) is 9.14. The average Bonchev–Trinajstić information content (AvgIpc) is 1.96. The lowest BCUT2D eigenvalue weighted by molar-refractivity contribution is 0.0629. The molecule has 1 aliphatic rings. The van der Waals surface area contributed by atoms with Crippen molar-refractivity contribution >= 4 is 0 Å². The molecule has 1 saturated heterocycles. The highest BCUT2D eigenvalue weighted by molar-refractivity contribution is 4.87. The zero-order valence-corrected chi connectivity index (χ0v) is 8.45.